The standard InChI is InChI=1S/C9H12O4/c10-7-2-1-3-8(6-7)13-5-4-9(11)12/h1-3,6,9-12H,4-5H2. The van der Waals surface area contributed by atoms with Crippen LogP contribution in [0.2, 0.25) is 0 Å². The van der Waals surface area contributed by atoms with Gasteiger partial charge in [0.1, 0.15) is 11.5 Å². The summed E-state index contributed by atoms with van der Waals surface area (Å²) in [5.41, 5.74) is 0. The molecule has 0 aliphatic heterocycles. The van der Waals surface area contributed by atoms with Crippen LogP contribution in [0, 0.1) is 0 Å². The Morgan fingerprint density at radius 1 is 1.31 bits per heavy atom. The van der Waals surface area contributed by atoms with Crippen LogP contribution in [0.25, 0.3) is 0 Å². The third-order valence-electron chi connectivity index (χ3n) is 1.46. The van der Waals surface area contributed by atoms with Gasteiger partial charge in [0.15, 0.2) is 6.29 Å². The fraction of sp³-hybridized carbons (Fsp3) is 0.333. The molecule has 0 aromatic heterocycles. The second-order valence-electron chi connectivity index (χ2n) is 2.62. The van der Waals surface area contributed by atoms with Crippen LogP contribution < -0.4 is 4.74 Å². The first-order chi connectivity index (χ1) is 6.18. The third kappa shape index (κ3) is 3.78. The van der Waals surface area contributed by atoms with E-state index >= 15 is 0 Å². The summed E-state index contributed by atoms with van der Waals surface area (Å²) in [5.74, 6) is 0.641. The van der Waals surface area contributed by atoms with Crippen molar-refractivity contribution in [2.45, 2.75) is 12.7 Å². The lowest BCUT2D eigenvalue weighted by Gasteiger charge is -2.06. The Balaban J connectivity index is 2.37. The average Bonchev–Trinajstić information content (AvgIpc) is 2.03. The van der Waals surface area contributed by atoms with E-state index in [-0.39, 0.29) is 18.8 Å². The average molecular weight is 184 g/mol. The molecule has 72 valence electrons. The first-order valence-corrected chi connectivity index (χ1v) is 3.96. The van der Waals surface area contributed by atoms with Crippen molar-refractivity contribution in [3.63, 3.8) is 0 Å². The molecule has 0 spiro atoms. The molecule has 0 unspecified atom stereocenters. The van der Waals surface area contributed by atoms with Crippen molar-refractivity contribution in [1.82, 2.24) is 0 Å². The highest BCUT2D eigenvalue weighted by atomic mass is 16.5. The van der Waals surface area contributed by atoms with Crippen LogP contribution in [-0.2, 0) is 0 Å². The maximum atomic E-state index is 9.04. The maximum absolute atomic E-state index is 9.04. The van der Waals surface area contributed by atoms with E-state index in [9.17, 15) is 0 Å². The zero-order valence-corrected chi connectivity index (χ0v) is 7.05. The van der Waals surface area contributed by atoms with Gasteiger partial charge in [0.05, 0.1) is 6.61 Å². The maximum Gasteiger partial charge on any atom is 0.154 e. The van der Waals surface area contributed by atoms with Gasteiger partial charge in [-0.05, 0) is 12.1 Å². The number of phenols is 1. The molecule has 0 aliphatic rings. The molecule has 1 aromatic carbocycles. The third-order valence-corrected chi connectivity index (χ3v) is 1.46. The predicted molar refractivity (Wildman–Crippen MR) is 46.4 cm³/mol. The lowest BCUT2D eigenvalue weighted by molar-refractivity contribution is -0.0519. The first kappa shape index (κ1) is 9.83. The Bertz CT molecular complexity index is 260. The number of benzene rings is 1. The van der Waals surface area contributed by atoms with Gasteiger partial charge in [-0.3, -0.25) is 0 Å². The van der Waals surface area contributed by atoms with Crippen LogP contribution in [0.15, 0.2) is 24.3 Å². The molecule has 1 aromatic rings. The summed E-state index contributed by atoms with van der Waals surface area (Å²) in [5, 5.41) is 26.1. The molecule has 0 radical (unpaired) electrons. The quantitative estimate of drug-likeness (QED) is 0.595. The minimum absolute atomic E-state index is 0.127. The number of hydrogen-bond acceptors (Lipinski definition) is 4. The van der Waals surface area contributed by atoms with Crippen LogP contribution >= 0.6 is 0 Å². The van der Waals surface area contributed by atoms with Crippen molar-refractivity contribution in [3.05, 3.63) is 24.3 Å². The Morgan fingerprint density at radius 3 is 2.69 bits per heavy atom. The smallest absolute Gasteiger partial charge is 0.154 e. The van der Waals surface area contributed by atoms with Crippen molar-refractivity contribution in [3.8, 4) is 11.5 Å². The van der Waals surface area contributed by atoms with Gasteiger partial charge in [0, 0.05) is 12.5 Å². The van der Waals surface area contributed by atoms with Gasteiger partial charge in [0.25, 0.3) is 0 Å². The zero-order chi connectivity index (χ0) is 9.68. The van der Waals surface area contributed by atoms with Crippen LogP contribution in [0.3, 0.4) is 0 Å². The molecule has 0 saturated carbocycles. The minimum atomic E-state index is -1.35. The van der Waals surface area contributed by atoms with E-state index in [4.69, 9.17) is 20.1 Å². The summed E-state index contributed by atoms with van der Waals surface area (Å²) in [6.07, 6.45) is -1.20. The Kier molecular flexibility index (Phi) is 3.54. The van der Waals surface area contributed by atoms with E-state index in [1.165, 1.54) is 12.1 Å². The van der Waals surface area contributed by atoms with Crippen LogP contribution in [0.1, 0.15) is 6.42 Å². The summed E-state index contributed by atoms with van der Waals surface area (Å²) in [6.45, 7) is 0.209. The van der Waals surface area contributed by atoms with E-state index in [2.05, 4.69) is 0 Å². The largest absolute Gasteiger partial charge is 0.508 e. The van der Waals surface area contributed by atoms with Gasteiger partial charge in [-0.25, -0.2) is 0 Å². The van der Waals surface area contributed by atoms with Crippen molar-refractivity contribution < 1.29 is 20.1 Å². The van der Waals surface area contributed by atoms with E-state index in [1.807, 2.05) is 0 Å². The summed E-state index contributed by atoms with van der Waals surface area (Å²) in [4.78, 5) is 0. The van der Waals surface area contributed by atoms with Crippen LogP contribution in [0.4, 0.5) is 0 Å². The van der Waals surface area contributed by atoms with Gasteiger partial charge in [0.2, 0.25) is 0 Å². The number of hydrogen-bond donors (Lipinski definition) is 3. The summed E-state index contributed by atoms with van der Waals surface area (Å²) >= 11 is 0. The number of aliphatic hydroxyl groups excluding tert-OH is 1. The second-order valence-corrected chi connectivity index (χ2v) is 2.62. The van der Waals surface area contributed by atoms with Gasteiger partial charge in [-0.15, -0.1) is 0 Å². The molecule has 4 heteroatoms. The first-order valence-electron chi connectivity index (χ1n) is 3.96. The molecule has 0 fully saturated rings. The van der Waals surface area contributed by atoms with Crippen LogP contribution in [-0.4, -0.2) is 28.2 Å². The van der Waals surface area contributed by atoms with E-state index in [0.29, 0.717) is 5.75 Å². The fourth-order valence-electron chi connectivity index (χ4n) is 0.855. The number of aliphatic hydroxyl groups is 2. The highest BCUT2D eigenvalue weighted by molar-refractivity contribution is 5.31. The Hall–Kier alpha value is -1.26. The molecule has 0 bridgehead atoms. The molecule has 0 aliphatic carbocycles. The monoisotopic (exact) mass is 184 g/mol. The van der Waals surface area contributed by atoms with E-state index in [0.717, 1.165) is 0 Å². The summed E-state index contributed by atoms with van der Waals surface area (Å²) < 4.78 is 5.12. The van der Waals surface area contributed by atoms with Crippen molar-refractivity contribution >= 4 is 0 Å². The number of rotatable bonds is 4. The highest BCUT2D eigenvalue weighted by Gasteiger charge is 1.98. The Labute approximate surface area is 76.0 Å². The molecule has 0 amide bonds. The lowest BCUT2D eigenvalue weighted by atomic mass is 10.3. The van der Waals surface area contributed by atoms with Gasteiger partial charge in [-0.2, -0.15) is 0 Å². The zero-order valence-electron chi connectivity index (χ0n) is 7.05. The number of phenolic OH excluding ortho intramolecular Hbond substituents is 1. The normalized spacial score (nSPS) is 10.4. The number of ether oxygens (including phenoxy) is 1. The molecular weight excluding hydrogens is 172 g/mol. The number of aromatic hydroxyl groups is 1. The molecule has 0 heterocycles. The molecule has 1 rings (SSSR count). The molecule has 3 N–H and O–H groups in total. The molecular formula is C9H12O4. The van der Waals surface area contributed by atoms with Crippen molar-refractivity contribution in [2.75, 3.05) is 6.61 Å². The van der Waals surface area contributed by atoms with Gasteiger partial charge in [-0.1, -0.05) is 6.07 Å². The van der Waals surface area contributed by atoms with E-state index in [1.54, 1.807) is 12.1 Å². The molecule has 0 saturated heterocycles. The molecule has 0 atom stereocenters. The highest BCUT2D eigenvalue weighted by Crippen LogP contribution is 2.17. The topological polar surface area (TPSA) is 69.9 Å². The molecule has 4 nitrogen and oxygen atoms in total. The minimum Gasteiger partial charge on any atom is -0.508 e. The van der Waals surface area contributed by atoms with E-state index < -0.39 is 6.29 Å². The summed E-state index contributed by atoms with van der Waals surface area (Å²) in [7, 11) is 0. The summed E-state index contributed by atoms with van der Waals surface area (Å²) in [6, 6.07) is 6.33. The van der Waals surface area contributed by atoms with Crippen molar-refractivity contribution in [1.29, 1.82) is 0 Å². The SMILES string of the molecule is Oc1cccc(OCCC(O)O)c1. The Morgan fingerprint density at radius 2 is 2.08 bits per heavy atom. The van der Waals surface area contributed by atoms with Crippen molar-refractivity contribution in [2.24, 2.45) is 0 Å². The lowest BCUT2D eigenvalue weighted by Crippen LogP contribution is -2.10. The molecule has 13 heavy (non-hydrogen) atoms. The second kappa shape index (κ2) is 4.69. The van der Waals surface area contributed by atoms with Gasteiger partial charge < -0.3 is 20.1 Å². The van der Waals surface area contributed by atoms with Crippen LogP contribution in [0.5, 0.6) is 11.5 Å². The van der Waals surface area contributed by atoms with Gasteiger partial charge >= 0.3 is 0 Å². The predicted octanol–water partition coefficient (Wildman–Crippen LogP) is 0.472. The fourth-order valence-corrected chi connectivity index (χ4v) is 0.855.